The van der Waals surface area contributed by atoms with Gasteiger partial charge in [0.2, 0.25) is 0 Å². The predicted molar refractivity (Wildman–Crippen MR) is 91.7 cm³/mol. The molecule has 4 rings (SSSR count). The lowest BCUT2D eigenvalue weighted by atomic mass is 9.78. The molecule has 0 bridgehead atoms. The maximum atomic E-state index is 5.80. The van der Waals surface area contributed by atoms with Gasteiger partial charge in [0.25, 0.3) is 0 Å². The number of nitrogens with zero attached hydrogens (tertiary/aromatic N) is 1. The van der Waals surface area contributed by atoms with E-state index in [0.717, 1.165) is 49.8 Å². The van der Waals surface area contributed by atoms with Gasteiger partial charge >= 0.3 is 0 Å². The summed E-state index contributed by atoms with van der Waals surface area (Å²) < 4.78 is 11.6. The van der Waals surface area contributed by atoms with Crippen molar-refractivity contribution in [2.45, 2.75) is 56.8 Å². The Kier molecular flexibility index (Phi) is 4.07. The average molecular weight is 325 g/mol. The second-order valence-corrected chi connectivity index (χ2v) is 6.90. The molecule has 3 aliphatic rings. The molecule has 2 fully saturated rings. The van der Waals surface area contributed by atoms with Crippen LogP contribution in [0.15, 0.2) is 29.4 Å². The molecular formula is C20H23NO3. The normalized spacial score (nSPS) is 23.6. The van der Waals surface area contributed by atoms with Gasteiger partial charge in [0.1, 0.15) is 11.3 Å². The van der Waals surface area contributed by atoms with Crippen LogP contribution >= 0.6 is 0 Å². The highest BCUT2D eigenvalue weighted by molar-refractivity contribution is 6.01. The molecule has 0 N–H and O–H groups in total. The van der Waals surface area contributed by atoms with E-state index in [1.165, 1.54) is 5.56 Å². The number of oxime groups is 1. The van der Waals surface area contributed by atoms with Crippen LogP contribution in [-0.4, -0.2) is 30.3 Å². The molecule has 0 atom stereocenters. The molecule has 1 aromatic rings. The smallest absolute Gasteiger partial charge is 0.168 e. The maximum absolute atomic E-state index is 5.80. The molecule has 0 amide bonds. The van der Waals surface area contributed by atoms with Crippen LogP contribution in [-0.2, 0) is 20.7 Å². The van der Waals surface area contributed by atoms with Crippen LogP contribution < -0.4 is 0 Å². The van der Waals surface area contributed by atoms with E-state index < -0.39 is 0 Å². The van der Waals surface area contributed by atoms with Crippen LogP contribution in [0, 0.1) is 11.8 Å². The molecule has 1 saturated heterocycles. The third-order valence-electron chi connectivity index (χ3n) is 5.26. The molecule has 1 aromatic carbocycles. The average Bonchev–Trinajstić information content (AvgIpc) is 3.24. The summed E-state index contributed by atoms with van der Waals surface area (Å²) in [5.74, 6) is 6.06. The van der Waals surface area contributed by atoms with Crippen molar-refractivity contribution in [1.29, 1.82) is 0 Å². The van der Waals surface area contributed by atoms with Crippen molar-refractivity contribution in [3.8, 4) is 11.8 Å². The first-order valence-corrected chi connectivity index (χ1v) is 8.85. The van der Waals surface area contributed by atoms with Gasteiger partial charge in [0.15, 0.2) is 5.79 Å². The van der Waals surface area contributed by atoms with E-state index >= 15 is 0 Å². The van der Waals surface area contributed by atoms with E-state index in [1.807, 2.05) is 6.07 Å². The van der Waals surface area contributed by atoms with Crippen LogP contribution in [0.2, 0.25) is 0 Å². The number of benzene rings is 1. The molecule has 4 nitrogen and oxygen atoms in total. The van der Waals surface area contributed by atoms with Crippen molar-refractivity contribution >= 4 is 5.71 Å². The summed E-state index contributed by atoms with van der Waals surface area (Å²) in [4.78, 5) is 5.80. The predicted octanol–water partition coefficient (Wildman–Crippen LogP) is 3.43. The zero-order valence-electron chi connectivity index (χ0n) is 14.1. The first-order chi connectivity index (χ1) is 11.7. The summed E-state index contributed by atoms with van der Waals surface area (Å²) in [5, 5.41) is 4.25. The Morgan fingerprint density at radius 2 is 1.88 bits per heavy atom. The zero-order chi connectivity index (χ0) is 16.5. The molecule has 0 radical (unpaired) electrons. The van der Waals surface area contributed by atoms with Crippen LogP contribution in [0.3, 0.4) is 0 Å². The molecule has 0 unspecified atom stereocenters. The second kappa shape index (κ2) is 6.23. The Balaban J connectivity index is 1.39. The van der Waals surface area contributed by atoms with E-state index in [0.29, 0.717) is 13.2 Å². The first-order valence-electron chi connectivity index (χ1n) is 8.85. The summed E-state index contributed by atoms with van der Waals surface area (Å²) >= 11 is 0. The summed E-state index contributed by atoms with van der Waals surface area (Å²) in [6.45, 7) is 3.56. The fourth-order valence-corrected chi connectivity index (χ4v) is 3.74. The number of ether oxygens (including phenoxy) is 2. The van der Waals surface area contributed by atoms with Crippen molar-refractivity contribution in [3.63, 3.8) is 0 Å². The third kappa shape index (κ3) is 3.07. The second-order valence-electron chi connectivity index (χ2n) is 6.90. The van der Waals surface area contributed by atoms with Gasteiger partial charge in [-0.25, -0.2) is 0 Å². The Labute approximate surface area is 143 Å². The lowest BCUT2D eigenvalue weighted by molar-refractivity contribution is -0.206. The summed E-state index contributed by atoms with van der Waals surface area (Å²) in [5.41, 5.74) is 2.99. The lowest BCUT2D eigenvalue weighted by Gasteiger charge is -2.39. The minimum Gasteiger partial charge on any atom is -0.388 e. The van der Waals surface area contributed by atoms with Crippen molar-refractivity contribution in [3.05, 3.63) is 35.4 Å². The molecule has 24 heavy (non-hydrogen) atoms. The molecule has 1 saturated carbocycles. The Morgan fingerprint density at radius 1 is 1.08 bits per heavy atom. The third-order valence-corrected chi connectivity index (χ3v) is 5.26. The number of hydrogen-bond donors (Lipinski definition) is 0. The molecule has 2 aliphatic heterocycles. The fraction of sp³-hybridized carbons (Fsp3) is 0.550. The van der Waals surface area contributed by atoms with Crippen LogP contribution in [0.25, 0.3) is 0 Å². The summed E-state index contributed by atoms with van der Waals surface area (Å²) in [6, 6.07) is 8.36. The molecule has 0 aromatic heterocycles. The van der Waals surface area contributed by atoms with E-state index in [1.54, 1.807) is 0 Å². The highest BCUT2D eigenvalue weighted by atomic mass is 16.7. The van der Waals surface area contributed by atoms with Crippen molar-refractivity contribution < 1.29 is 14.3 Å². The summed E-state index contributed by atoms with van der Waals surface area (Å²) in [7, 11) is 0. The maximum Gasteiger partial charge on any atom is 0.168 e. The molecule has 1 aliphatic carbocycles. The quantitative estimate of drug-likeness (QED) is 0.743. The largest absolute Gasteiger partial charge is 0.388 e. The van der Waals surface area contributed by atoms with Gasteiger partial charge in [0.05, 0.1) is 13.2 Å². The van der Waals surface area contributed by atoms with Gasteiger partial charge in [-0.2, -0.15) is 0 Å². The van der Waals surface area contributed by atoms with E-state index in [2.05, 4.69) is 42.1 Å². The monoisotopic (exact) mass is 325 g/mol. The van der Waals surface area contributed by atoms with E-state index in [-0.39, 0.29) is 11.4 Å². The van der Waals surface area contributed by atoms with Crippen molar-refractivity contribution in [2.24, 2.45) is 5.16 Å². The fourth-order valence-electron chi connectivity index (χ4n) is 3.74. The minimum atomic E-state index is -0.358. The van der Waals surface area contributed by atoms with Gasteiger partial charge in [-0.05, 0) is 42.9 Å². The summed E-state index contributed by atoms with van der Waals surface area (Å²) in [6.07, 6.45) is 5.39. The van der Waals surface area contributed by atoms with Crippen LogP contribution in [0.4, 0.5) is 0 Å². The molecule has 2 spiro atoms. The highest BCUT2D eigenvalue weighted by Gasteiger charge is 2.50. The van der Waals surface area contributed by atoms with Gasteiger partial charge < -0.3 is 14.3 Å². The van der Waals surface area contributed by atoms with Gasteiger partial charge in [-0.3, -0.25) is 0 Å². The van der Waals surface area contributed by atoms with Gasteiger partial charge in [-0.1, -0.05) is 30.1 Å². The zero-order valence-corrected chi connectivity index (χ0v) is 14.1. The van der Waals surface area contributed by atoms with Gasteiger partial charge in [-0.15, -0.1) is 0 Å². The number of aryl methyl sites for hydroxylation is 1. The SMILES string of the molecule is CCc1cccc(C#CC2=NOC3(CCC4(CC3)OCCO4)C2)c1. The van der Waals surface area contributed by atoms with E-state index in [9.17, 15) is 0 Å². The van der Waals surface area contributed by atoms with Crippen molar-refractivity contribution in [2.75, 3.05) is 13.2 Å². The molecule has 126 valence electrons. The Bertz CT molecular complexity index is 697. The van der Waals surface area contributed by atoms with E-state index in [4.69, 9.17) is 14.3 Å². The molecule has 4 heteroatoms. The first kappa shape index (κ1) is 15.7. The van der Waals surface area contributed by atoms with Crippen LogP contribution in [0.1, 0.15) is 50.2 Å². The number of hydrogen-bond acceptors (Lipinski definition) is 4. The Hall–Kier alpha value is -1.83. The Morgan fingerprint density at radius 3 is 2.62 bits per heavy atom. The standard InChI is InChI=1S/C20H23NO3/c1-2-16-4-3-5-17(14-16)6-7-18-15-19(24-21-18)8-10-20(11-9-19)22-12-13-23-20/h3-5,14H,2,8-13,15H2,1H3. The minimum absolute atomic E-state index is 0.199. The number of rotatable bonds is 1. The van der Waals surface area contributed by atoms with Crippen molar-refractivity contribution in [1.82, 2.24) is 0 Å². The highest BCUT2D eigenvalue weighted by Crippen LogP contribution is 2.45. The molecular weight excluding hydrogens is 302 g/mol. The van der Waals surface area contributed by atoms with Crippen LogP contribution in [0.5, 0.6) is 0 Å². The topological polar surface area (TPSA) is 40.0 Å². The molecule has 2 heterocycles. The lowest BCUT2D eigenvalue weighted by Crippen LogP contribution is -2.43. The van der Waals surface area contributed by atoms with Gasteiger partial charge in [0, 0.05) is 24.8 Å².